The minimum absolute atomic E-state index is 0.155. The van der Waals surface area contributed by atoms with E-state index < -0.39 is 0 Å². The van der Waals surface area contributed by atoms with Crippen LogP contribution in [0.15, 0.2) is 89.9 Å². The van der Waals surface area contributed by atoms with Gasteiger partial charge in [0.2, 0.25) is 0 Å². The van der Waals surface area contributed by atoms with E-state index in [9.17, 15) is 9.59 Å². The fourth-order valence-corrected chi connectivity index (χ4v) is 4.79. The molecular formula is C29H29ClN6O2. The van der Waals surface area contributed by atoms with Crippen molar-refractivity contribution in [3.63, 3.8) is 0 Å². The van der Waals surface area contributed by atoms with Gasteiger partial charge in [-0.05, 0) is 53.8 Å². The number of piperidine rings is 1. The highest BCUT2D eigenvalue weighted by molar-refractivity contribution is 6.33. The Balaban J connectivity index is 1.22. The third kappa shape index (κ3) is 6.04. The van der Waals surface area contributed by atoms with E-state index >= 15 is 0 Å². The normalized spacial score (nSPS) is 13.8. The Morgan fingerprint density at radius 1 is 0.921 bits per heavy atom. The molecule has 0 bridgehead atoms. The molecule has 4 aromatic rings. The summed E-state index contributed by atoms with van der Waals surface area (Å²) < 4.78 is 1.33. The zero-order valence-corrected chi connectivity index (χ0v) is 21.6. The maximum absolute atomic E-state index is 12.9. The Labute approximate surface area is 226 Å². The predicted molar refractivity (Wildman–Crippen MR) is 153 cm³/mol. The number of hydrogen-bond acceptors (Lipinski definition) is 5. The van der Waals surface area contributed by atoms with Gasteiger partial charge in [-0.25, -0.2) is 9.48 Å². The van der Waals surface area contributed by atoms with Crippen LogP contribution in [0.1, 0.15) is 18.4 Å². The molecule has 2 heterocycles. The minimum Gasteiger partial charge on any atom is -0.369 e. The third-order valence-electron chi connectivity index (χ3n) is 6.61. The number of halogens is 1. The lowest BCUT2D eigenvalue weighted by molar-refractivity contribution is 0.262. The van der Waals surface area contributed by atoms with Crippen LogP contribution in [0, 0.1) is 0 Å². The summed E-state index contributed by atoms with van der Waals surface area (Å²) in [6.45, 7) is 1.72. The maximum atomic E-state index is 12.9. The Morgan fingerprint density at radius 3 is 2.34 bits per heavy atom. The first-order valence-electron chi connectivity index (χ1n) is 12.5. The molecule has 0 atom stereocenters. The van der Waals surface area contributed by atoms with Crippen molar-refractivity contribution < 1.29 is 4.79 Å². The molecule has 9 heteroatoms. The van der Waals surface area contributed by atoms with Gasteiger partial charge in [0, 0.05) is 30.5 Å². The molecule has 194 valence electrons. The number of hydrogen-bond donors (Lipinski definition) is 3. The molecule has 0 spiro atoms. The fourth-order valence-electron chi connectivity index (χ4n) is 4.52. The van der Waals surface area contributed by atoms with Crippen molar-refractivity contribution >= 4 is 34.7 Å². The molecular weight excluding hydrogens is 500 g/mol. The van der Waals surface area contributed by atoms with E-state index in [1.165, 1.54) is 4.68 Å². The molecule has 1 aliphatic rings. The Hall–Kier alpha value is -4.14. The molecule has 1 aliphatic heterocycles. The lowest BCUT2D eigenvalue weighted by Crippen LogP contribution is -2.40. The summed E-state index contributed by atoms with van der Waals surface area (Å²) in [5, 5.41) is 10.2. The molecule has 38 heavy (non-hydrogen) atoms. The summed E-state index contributed by atoms with van der Waals surface area (Å²) >= 11 is 6.44. The number of nitrogens with zero attached hydrogens (tertiary/aromatic N) is 3. The van der Waals surface area contributed by atoms with E-state index in [0.717, 1.165) is 42.6 Å². The zero-order valence-electron chi connectivity index (χ0n) is 20.8. The summed E-state index contributed by atoms with van der Waals surface area (Å²) in [6.07, 6.45) is 3.34. The predicted octanol–water partition coefficient (Wildman–Crippen LogP) is 5.18. The largest absolute Gasteiger partial charge is 0.369 e. The van der Waals surface area contributed by atoms with Gasteiger partial charge in [-0.1, -0.05) is 66.2 Å². The van der Waals surface area contributed by atoms with Crippen LogP contribution in [0.2, 0.25) is 5.02 Å². The first-order valence-corrected chi connectivity index (χ1v) is 12.9. The molecule has 2 amide bonds. The van der Waals surface area contributed by atoms with Crippen LogP contribution < -0.4 is 26.8 Å². The number of carbonyl (C=O) groups excluding carboxylic acids is 1. The van der Waals surface area contributed by atoms with Gasteiger partial charge in [0.25, 0.3) is 5.56 Å². The summed E-state index contributed by atoms with van der Waals surface area (Å²) in [6, 6.07) is 24.8. The molecule has 5 rings (SSSR count). The van der Waals surface area contributed by atoms with Crippen LogP contribution in [0.5, 0.6) is 0 Å². The lowest BCUT2D eigenvalue weighted by atomic mass is 10.1. The maximum Gasteiger partial charge on any atom is 0.323 e. The van der Waals surface area contributed by atoms with E-state index in [-0.39, 0.29) is 29.2 Å². The summed E-state index contributed by atoms with van der Waals surface area (Å²) in [5.41, 5.74) is 10.5. The van der Waals surface area contributed by atoms with Crippen molar-refractivity contribution in [1.29, 1.82) is 0 Å². The van der Waals surface area contributed by atoms with E-state index in [1.807, 2.05) is 66.7 Å². The number of nitrogens with one attached hydrogen (secondary N) is 2. The van der Waals surface area contributed by atoms with Gasteiger partial charge >= 0.3 is 6.03 Å². The minimum atomic E-state index is -0.362. The van der Waals surface area contributed by atoms with Crippen molar-refractivity contribution in [1.82, 2.24) is 9.78 Å². The number of carbonyl (C=O) groups is 1. The van der Waals surface area contributed by atoms with E-state index in [0.29, 0.717) is 17.1 Å². The van der Waals surface area contributed by atoms with Crippen LogP contribution in [-0.4, -0.2) is 34.9 Å². The molecule has 0 unspecified atom stereocenters. The number of rotatable bonds is 6. The van der Waals surface area contributed by atoms with E-state index in [1.54, 1.807) is 18.3 Å². The van der Waals surface area contributed by atoms with Crippen LogP contribution in [0.25, 0.3) is 11.1 Å². The molecule has 4 N–H and O–H groups in total. The fraction of sp³-hybridized carbons (Fsp3) is 0.207. The van der Waals surface area contributed by atoms with Crippen molar-refractivity contribution in [2.24, 2.45) is 5.73 Å². The molecule has 0 aliphatic carbocycles. The summed E-state index contributed by atoms with van der Waals surface area (Å²) in [5.74, 6) is 0. The molecule has 3 aromatic carbocycles. The molecule has 1 fully saturated rings. The number of benzene rings is 3. The van der Waals surface area contributed by atoms with Gasteiger partial charge in [-0.2, -0.15) is 5.10 Å². The van der Waals surface area contributed by atoms with Gasteiger partial charge in [-0.3, -0.25) is 4.79 Å². The first-order chi connectivity index (χ1) is 18.5. The second-order valence-corrected chi connectivity index (χ2v) is 9.73. The first kappa shape index (κ1) is 25.5. The topological polar surface area (TPSA) is 105 Å². The monoisotopic (exact) mass is 528 g/mol. The van der Waals surface area contributed by atoms with Crippen LogP contribution in [-0.2, 0) is 6.54 Å². The Bertz CT molecular complexity index is 1460. The molecule has 1 saturated heterocycles. The number of nitrogens with two attached hydrogens (primary N) is 1. The second kappa shape index (κ2) is 11.5. The van der Waals surface area contributed by atoms with Gasteiger partial charge < -0.3 is 21.3 Å². The summed E-state index contributed by atoms with van der Waals surface area (Å²) in [7, 11) is 0. The van der Waals surface area contributed by atoms with Crippen molar-refractivity contribution in [2.75, 3.05) is 28.6 Å². The molecule has 0 saturated carbocycles. The summed E-state index contributed by atoms with van der Waals surface area (Å²) in [4.78, 5) is 27.6. The van der Waals surface area contributed by atoms with Gasteiger partial charge in [0.05, 0.1) is 18.4 Å². The quantitative estimate of drug-likeness (QED) is 0.319. The zero-order chi connectivity index (χ0) is 26.5. The van der Waals surface area contributed by atoms with Crippen molar-refractivity contribution in [3.05, 3.63) is 106 Å². The van der Waals surface area contributed by atoms with Crippen molar-refractivity contribution in [3.8, 4) is 11.1 Å². The van der Waals surface area contributed by atoms with E-state index in [2.05, 4.69) is 20.6 Å². The average molecular weight is 529 g/mol. The van der Waals surface area contributed by atoms with Crippen LogP contribution >= 0.6 is 11.6 Å². The average Bonchev–Trinajstić information content (AvgIpc) is 2.93. The standard InChI is InChI=1S/C29H29ClN6O2/c30-27-26(35-15-13-23(31)14-16-35)18-32-36(28(27)37)19-20-5-4-8-25(17-20)34-29(38)33-24-11-9-22(10-12-24)21-6-2-1-3-7-21/h1-12,17-18,23H,13-16,19,31H2,(H2,33,34,38). The highest BCUT2D eigenvalue weighted by atomic mass is 35.5. The number of anilines is 3. The molecule has 1 aromatic heterocycles. The highest BCUT2D eigenvalue weighted by Crippen LogP contribution is 2.25. The molecule has 0 radical (unpaired) electrons. The van der Waals surface area contributed by atoms with Gasteiger partial charge in [0.15, 0.2) is 0 Å². The molecule has 8 nitrogen and oxygen atoms in total. The number of aromatic nitrogens is 2. The van der Waals surface area contributed by atoms with Gasteiger partial charge in [0.1, 0.15) is 5.02 Å². The van der Waals surface area contributed by atoms with Crippen LogP contribution in [0.4, 0.5) is 21.9 Å². The Morgan fingerprint density at radius 2 is 1.61 bits per heavy atom. The lowest BCUT2D eigenvalue weighted by Gasteiger charge is -2.32. The SMILES string of the molecule is NC1CCN(c2cnn(Cc3cccc(NC(=O)Nc4ccc(-c5ccccc5)cc4)c3)c(=O)c2Cl)CC1. The Kier molecular flexibility index (Phi) is 7.72. The second-order valence-electron chi connectivity index (χ2n) is 9.35. The van der Waals surface area contributed by atoms with Gasteiger partial charge in [-0.15, -0.1) is 0 Å². The third-order valence-corrected chi connectivity index (χ3v) is 6.97. The van der Waals surface area contributed by atoms with E-state index in [4.69, 9.17) is 17.3 Å². The highest BCUT2D eigenvalue weighted by Gasteiger charge is 2.21. The van der Waals surface area contributed by atoms with Crippen molar-refractivity contribution in [2.45, 2.75) is 25.4 Å². The number of urea groups is 1. The number of amides is 2. The van der Waals surface area contributed by atoms with Crippen LogP contribution in [0.3, 0.4) is 0 Å². The smallest absolute Gasteiger partial charge is 0.323 e.